The molecule has 1 aliphatic rings. The average molecular weight is 465 g/mol. The van der Waals surface area contributed by atoms with Crippen LogP contribution in [0.4, 0.5) is 5.13 Å². The summed E-state index contributed by atoms with van der Waals surface area (Å²) in [5, 5.41) is 1.54. The normalized spacial score (nSPS) is 16.2. The smallest absolute Gasteiger partial charge is 0.266 e. The molecule has 158 valence electrons. The molecule has 0 N–H and O–H groups in total. The third kappa shape index (κ3) is 4.57. The summed E-state index contributed by atoms with van der Waals surface area (Å²) in [7, 11) is 0. The number of thiazole rings is 1. The van der Waals surface area contributed by atoms with Gasteiger partial charge in [-0.15, -0.1) is 0 Å². The number of benzene rings is 2. The molecule has 30 heavy (non-hydrogen) atoms. The van der Waals surface area contributed by atoms with Gasteiger partial charge >= 0.3 is 0 Å². The Balaban J connectivity index is 1.59. The van der Waals surface area contributed by atoms with Crippen molar-refractivity contribution < 1.29 is 14.3 Å². The number of amides is 1. The molecule has 2 heterocycles. The molecule has 4 rings (SSSR count). The van der Waals surface area contributed by atoms with Gasteiger partial charge in [0.1, 0.15) is 5.75 Å². The molecule has 0 radical (unpaired) electrons. The summed E-state index contributed by atoms with van der Waals surface area (Å²) in [5.74, 6) is 0.229. The second-order valence-electron chi connectivity index (χ2n) is 7.35. The van der Waals surface area contributed by atoms with Gasteiger partial charge in [-0.2, -0.15) is 0 Å². The highest BCUT2D eigenvalue weighted by atomic mass is 35.5. The number of halogens is 2. The summed E-state index contributed by atoms with van der Waals surface area (Å²) in [5.41, 5.74) is 3.24. The van der Waals surface area contributed by atoms with Crippen molar-refractivity contribution in [1.29, 1.82) is 0 Å². The molecule has 1 aliphatic heterocycles. The van der Waals surface area contributed by atoms with E-state index in [1.54, 1.807) is 23.1 Å². The number of anilines is 1. The van der Waals surface area contributed by atoms with E-state index < -0.39 is 0 Å². The van der Waals surface area contributed by atoms with Crippen molar-refractivity contribution in [2.24, 2.45) is 0 Å². The van der Waals surface area contributed by atoms with Crippen LogP contribution in [0.5, 0.6) is 5.75 Å². The minimum Gasteiger partial charge on any atom is -0.482 e. The van der Waals surface area contributed by atoms with Gasteiger partial charge in [0.05, 0.1) is 27.9 Å². The molecule has 2 aromatic carbocycles. The van der Waals surface area contributed by atoms with Crippen molar-refractivity contribution in [2.45, 2.75) is 32.8 Å². The van der Waals surface area contributed by atoms with E-state index in [9.17, 15) is 4.79 Å². The number of aryl methyl sites for hydroxylation is 2. The predicted octanol–water partition coefficient (Wildman–Crippen LogP) is 5.81. The van der Waals surface area contributed by atoms with Crippen LogP contribution in [0, 0.1) is 13.8 Å². The highest BCUT2D eigenvalue weighted by Gasteiger charge is 2.27. The molecule has 0 aliphatic carbocycles. The van der Waals surface area contributed by atoms with Crippen molar-refractivity contribution in [2.75, 3.05) is 24.7 Å². The van der Waals surface area contributed by atoms with E-state index in [2.05, 4.69) is 26.0 Å². The molecule has 1 atom stereocenters. The van der Waals surface area contributed by atoms with E-state index >= 15 is 0 Å². The first kappa shape index (κ1) is 21.4. The van der Waals surface area contributed by atoms with Gasteiger partial charge < -0.3 is 9.47 Å². The third-order valence-corrected chi connectivity index (χ3v) is 6.83. The number of hydrogen-bond acceptors (Lipinski definition) is 5. The minimum atomic E-state index is -0.190. The van der Waals surface area contributed by atoms with E-state index in [1.165, 1.54) is 16.9 Å². The lowest BCUT2D eigenvalue weighted by Crippen LogP contribution is -2.40. The fraction of sp³-hybridized carbons (Fsp3) is 0.364. The topological polar surface area (TPSA) is 51.7 Å². The van der Waals surface area contributed by atoms with Gasteiger partial charge in [-0.25, -0.2) is 4.98 Å². The summed E-state index contributed by atoms with van der Waals surface area (Å²) >= 11 is 13.6. The Morgan fingerprint density at radius 1 is 1.30 bits per heavy atom. The first-order valence-electron chi connectivity index (χ1n) is 9.79. The molecule has 3 aromatic rings. The first-order chi connectivity index (χ1) is 14.4. The summed E-state index contributed by atoms with van der Waals surface area (Å²) in [6.07, 6.45) is 1.93. The van der Waals surface area contributed by atoms with Crippen LogP contribution in [0.3, 0.4) is 0 Å². The number of rotatable bonds is 6. The summed E-state index contributed by atoms with van der Waals surface area (Å²) in [6.45, 7) is 5.14. The fourth-order valence-corrected chi connectivity index (χ4v) is 4.93. The summed E-state index contributed by atoms with van der Waals surface area (Å²) < 4.78 is 12.5. The molecular formula is C22H22Cl2N2O3S. The van der Waals surface area contributed by atoms with Gasteiger partial charge in [-0.05, 0) is 62.1 Å². The number of nitrogens with zero attached hydrogens (tertiary/aromatic N) is 2. The highest BCUT2D eigenvalue weighted by molar-refractivity contribution is 7.22. The van der Waals surface area contributed by atoms with Crippen LogP contribution in [-0.4, -0.2) is 36.8 Å². The molecule has 1 fully saturated rings. The number of ether oxygens (including phenoxy) is 2. The number of aromatic nitrogens is 1. The molecule has 1 amide bonds. The fourth-order valence-electron chi connectivity index (χ4n) is 3.42. The second-order valence-corrected chi connectivity index (χ2v) is 9.21. The van der Waals surface area contributed by atoms with Crippen LogP contribution in [0.2, 0.25) is 10.0 Å². The molecule has 1 saturated heterocycles. The van der Waals surface area contributed by atoms with Crippen molar-refractivity contribution >= 4 is 55.8 Å². The standard InChI is InChI=1S/C22H22Cl2N2O3S/c1-13-5-8-19-21(14(13)2)25-22(30-19)26(11-16-4-3-9-28-16)20(27)12-29-18-7-6-15(23)10-17(18)24/h5-8,10,16H,3-4,9,11-12H2,1-2H3. The van der Waals surface area contributed by atoms with Crippen LogP contribution in [0.15, 0.2) is 30.3 Å². The Morgan fingerprint density at radius 3 is 2.87 bits per heavy atom. The predicted molar refractivity (Wildman–Crippen MR) is 122 cm³/mol. The maximum absolute atomic E-state index is 13.2. The van der Waals surface area contributed by atoms with Crippen molar-refractivity contribution in [3.05, 3.63) is 51.5 Å². The zero-order valence-electron chi connectivity index (χ0n) is 16.8. The molecular weight excluding hydrogens is 443 g/mol. The van der Waals surface area contributed by atoms with Crippen LogP contribution in [0.25, 0.3) is 10.2 Å². The van der Waals surface area contributed by atoms with Crippen molar-refractivity contribution in [1.82, 2.24) is 4.98 Å². The number of carbonyl (C=O) groups excluding carboxylic acids is 1. The Labute approximate surface area is 189 Å². The maximum atomic E-state index is 13.2. The number of fused-ring (bicyclic) bond motifs is 1. The largest absolute Gasteiger partial charge is 0.482 e. The Morgan fingerprint density at radius 2 is 2.13 bits per heavy atom. The molecule has 0 saturated carbocycles. The van der Waals surface area contributed by atoms with Crippen LogP contribution in [0.1, 0.15) is 24.0 Å². The molecule has 8 heteroatoms. The average Bonchev–Trinajstić information content (AvgIpc) is 3.38. The highest BCUT2D eigenvalue weighted by Crippen LogP contribution is 2.33. The van der Waals surface area contributed by atoms with Crippen LogP contribution < -0.4 is 9.64 Å². The SMILES string of the molecule is Cc1ccc2sc(N(CC3CCCO3)C(=O)COc3ccc(Cl)cc3Cl)nc2c1C. The van der Waals surface area contributed by atoms with E-state index in [4.69, 9.17) is 37.7 Å². The van der Waals surface area contributed by atoms with Gasteiger partial charge in [0.25, 0.3) is 5.91 Å². The van der Waals surface area contributed by atoms with E-state index in [0.29, 0.717) is 27.5 Å². The molecule has 0 bridgehead atoms. The summed E-state index contributed by atoms with van der Waals surface area (Å²) in [6, 6.07) is 9.06. The van der Waals surface area contributed by atoms with Crippen LogP contribution in [-0.2, 0) is 9.53 Å². The van der Waals surface area contributed by atoms with E-state index in [-0.39, 0.29) is 18.6 Å². The van der Waals surface area contributed by atoms with Crippen molar-refractivity contribution in [3.63, 3.8) is 0 Å². The Kier molecular flexibility index (Phi) is 6.48. The quantitative estimate of drug-likeness (QED) is 0.461. The summed E-state index contributed by atoms with van der Waals surface area (Å²) in [4.78, 5) is 19.6. The maximum Gasteiger partial charge on any atom is 0.266 e. The first-order valence-corrected chi connectivity index (χ1v) is 11.4. The van der Waals surface area contributed by atoms with Crippen LogP contribution >= 0.6 is 34.5 Å². The molecule has 1 aromatic heterocycles. The van der Waals surface area contributed by atoms with Gasteiger partial charge in [0.15, 0.2) is 11.7 Å². The molecule has 0 spiro atoms. The monoisotopic (exact) mass is 464 g/mol. The minimum absolute atomic E-state index is 0.00270. The third-order valence-electron chi connectivity index (χ3n) is 5.26. The second kappa shape index (κ2) is 9.10. The van der Waals surface area contributed by atoms with Gasteiger partial charge in [-0.3, -0.25) is 9.69 Å². The lowest BCUT2D eigenvalue weighted by molar-refractivity contribution is -0.120. The molecule has 1 unspecified atom stereocenters. The lowest BCUT2D eigenvalue weighted by Gasteiger charge is -2.23. The zero-order chi connectivity index (χ0) is 21.3. The van der Waals surface area contributed by atoms with E-state index in [0.717, 1.165) is 35.2 Å². The van der Waals surface area contributed by atoms with Gasteiger partial charge in [0.2, 0.25) is 0 Å². The molecule has 5 nitrogen and oxygen atoms in total. The number of carbonyl (C=O) groups is 1. The zero-order valence-corrected chi connectivity index (χ0v) is 19.1. The van der Waals surface area contributed by atoms with Gasteiger partial charge in [0, 0.05) is 11.6 Å². The Bertz CT molecular complexity index is 1080. The lowest BCUT2D eigenvalue weighted by atomic mass is 10.1. The van der Waals surface area contributed by atoms with E-state index in [1.807, 2.05) is 0 Å². The Hall–Kier alpha value is -1.86. The van der Waals surface area contributed by atoms with Crippen molar-refractivity contribution in [3.8, 4) is 5.75 Å². The number of hydrogen-bond donors (Lipinski definition) is 0. The van der Waals surface area contributed by atoms with Gasteiger partial charge in [-0.1, -0.05) is 40.6 Å².